The summed E-state index contributed by atoms with van der Waals surface area (Å²) in [5, 5.41) is 22.1. The van der Waals surface area contributed by atoms with Crippen LogP contribution in [0.3, 0.4) is 0 Å². The summed E-state index contributed by atoms with van der Waals surface area (Å²) < 4.78 is 6.45. The summed E-state index contributed by atoms with van der Waals surface area (Å²) in [6.45, 7) is 16.3. The molecule has 2 N–H and O–H groups in total. The van der Waals surface area contributed by atoms with Gasteiger partial charge in [-0.1, -0.05) is 48.8 Å². The first-order chi connectivity index (χ1) is 16.4. The molecule has 1 aromatic rings. The lowest BCUT2D eigenvalue weighted by molar-refractivity contribution is 0.0368. The molecule has 0 bridgehead atoms. The number of aromatic hydroxyl groups is 2. The Hall–Kier alpha value is -2.49. The molecule has 0 aliphatic heterocycles. The fourth-order valence-corrected chi connectivity index (χ4v) is 4.55. The number of allylic oxidation sites excluding steroid dienone is 6. The van der Waals surface area contributed by atoms with Gasteiger partial charge in [0.2, 0.25) is 0 Å². The molecule has 1 aromatic carbocycles. The number of phenolic OH excluding ortho intramolecular Hbond substituents is 2. The molecule has 0 fully saturated rings. The summed E-state index contributed by atoms with van der Waals surface area (Å²) in [4.78, 5) is 13.4. The SMILES string of the molecule is CCC(C)C(=O)c1c(OC(C)(C)C2CC=C(C)CC2)cc(O)c(C/C=C(\C)CCC=C(C)C)c1O. The highest BCUT2D eigenvalue weighted by Crippen LogP contribution is 2.43. The maximum atomic E-state index is 13.4. The monoisotopic (exact) mass is 482 g/mol. The highest BCUT2D eigenvalue weighted by atomic mass is 16.5. The fourth-order valence-electron chi connectivity index (χ4n) is 4.55. The third-order valence-corrected chi connectivity index (χ3v) is 7.39. The predicted molar refractivity (Wildman–Crippen MR) is 145 cm³/mol. The number of rotatable bonds is 11. The summed E-state index contributed by atoms with van der Waals surface area (Å²) in [6.07, 6.45) is 12.3. The van der Waals surface area contributed by atoms with Crippen LogP contribution in [0.1, 0.15) is 110 Å². The minimum atomic E-state index is -0.552. The number of benzene rings is 1. The Morgan fingerprint density at radius 2 is 1.91 bits per heavy atom. The fraction of sp³-hybridized carbons (Fsp3) is 0.581. The molecule has 1 aliphatic rings. The second kappa shape index (κ2) is 12.5. The van der Waals surface area contributed by atoms with E-state index >= 15 is 0 Å². The van der Waals surface area contributed by atoms with Crippen molar-refractivity contribution in [3.05, 3.63) is 52.1 Å². The van der Waals surface area contributed by atoms with Crippen molar-refractivity contribution in [3.63, 3.8) is 0 Å². The molecule has 4 nitrogen and oxygen atoms in total. The van der Waals surface area contributed by atoms with Gasteiger partial charge in [-0.05, 0) is 86.5 Å². The van der Waals surface area contributed by atoms with E-state index in [1.807, 2.05) is 33.8 Å². The molecular formula is C31H46O4. The summed E-state index contributed by atoms with van der Waals surface area (Å²) in [7, 11) is 0. The van der Waals surface area contributed by atoms with Crippen LogP contribution >= 0.6 is 0 Å². The molecule has 35 heavy (non-hydrogen) atoms. The van der Waals surface area contributed by atoms with Gasteiger partial charge in [0.15, 0.2) is 5.78 Å². The number of carbonyl (C=O) groups excluding carboxylic acids is 1. The molecule has 0 aromatic heterocycles. The summed E-state index contributed by atoms with van der Waals surface area (Å²) in [6, 6.07) is 1.53. The van der Waals surface area contributed by atoms with Crippen LogP contribution in [-0.2, 0) is 6.42 Å². The number of ether oxygens (including phenoxy) is 1. The van der Waals surface area contributed by atoms with Crippen molar-refractivity contribution in [1.29, 1.82) is 0 Å². The van der Waals surface area contributed by atoms with Gasteiger partial charge < -0.3 is 14.9 Å². The average Bonchev–Trinajstić information content (AvgIpc) is 2.77. The molecule has 4 heteroatoms. The van der Waals surface area contributed by atoms with Gasteiger partial charge in [-0.3, -0.25) is 4.79 Å². The van der Waals surface area contributed by atoms with Crippen molar-refractivity contribution in [2.45, 2.75) is 106 Å². The Bertz CT molecular complexity index is 990. The molecule has 2 unspecified atom stereocenters. The van der Waals surface area contributed by atoms with E-state index in [1.165, 1.54) is 22.8 Å². The van der Waals surface area contributed by atoms with Gasteiger partial charge in [-0.25, -0.2) is 0 Å². The molecule has 0 saturated carbocycles. The van der Waals surface area contributed by atoms with Crippen LogP contribution in [0.15, 0.2) is 41.0 Å². The highest BCUT2D eigenvalue weighted by Gasteiger charge is 2.35. The van der Waals surface area contributed by atoms with Crippen LogP contribution in [-0.4, -0.2) is 21.6 Å². The molecule has 0 amide bonds. The first-order valence-corrected chi connectivity index (χ1v) is 13.1. The first kappa shape index (κ1) is 28.7. The lowest BCUT2D eigenvalue weighted by Crippen LogP contribution is -2.39. The molecule has 2 atom stereocenters. The van der Waals surface area contributed by atoms with Crippen LogP contribution in [0.25, 0.3) is 0 Å². The quantitative estimate of drug-likeness (QED) is 0.245. The van der Waals surface area contributed by atoms with E-state index in [2.05, 4.69) is 39.8 Å². The van der Waals surface area contributed by atoms with Gasteiger partial charge in [0.05, 0.1) is 0 Å². The molecule has 0 saturated heterocycles. The number of hydrogen-bond acceptors (Lipinski definition) is 4. The first-order valence-electron chi connectivity index (χ1n) is 13.1. The van der Waals surface area contributed by atoms with E-state index < -0.39 is 5.60 Å². The third-order valence-electron chi connectivity index (χ3n) is 7.39. The zero-order chi connectivity index (χ0) is 26.3. The molecular weight excluding hydrogens is 436 g/mol. The standard InChI is InChI=1S/C31H46O4/c1-9-23(6)29(33)28-27(35-31(7,8)24-16-13-22(5)14-17-24)19-26(32)25(30(28)34)18-15-21(4)12-10-11-20(2)3/h11,13,15,19,23-24,32,34H,9-10,12,14,16-18H2,1-8H3/b21-15+. The van der Waals surface area contributed by atoms with Crippen molar-refractivity contribution in [3.8, 4) is 17.2 Å². The largest absolute Gasteiger partial charge is 0.507 e. The van der Waals surface area contributed by atoms with Crippen LogP contribution < -0.4 is 4.74 Å². The molecule has 0 radical (unpaired) electrons. The minimum absolute atomic E-state index is 0.0401. The number of hydrogen-bond donors (Lipinski definition) is 2. The Kier molecular flexibility index (Phi) is 10.2. The third kappa shape index (κ3) is 7.75. The smallest absolute Gasteiger partial charge is 0.173 e. The van der Waals surface area contributed by atoms with E-state index in [0.717, 1.165) is 32.1 Å². The maximum Gasteiger partial charge on any atom is 0.173 e. The van der Waals surface area contributed by atoms with Gasteiger partial charge in [0, 0.05) is 23.5 Å². The second-order valence-electron chi connectivity index (χ2n) is 11.1. The average molecular weight is 483 g/mol. The van der Waals surface area contributed by atoms with Crippen molar-refractivity contribution >= 4 is 5.78 Å². The van der Waals surface area contributed by atoms with Gasteiger partial charge in [-0.15, -0.1) is 0 Å². The van der Waals surface area contributed by atoms with Crippen LogP contribution in [0, 0.1) is 11.8 Å². The van der Waals surface area contributed by atoms with Crippen molar-refractivity contribution in [2.24, 2.45) is 11.8 Å². The lowest BCUT2D eigenvalue weighted by Gasteiger charge is -2.37. The molecule has 194 valence electrons. The van der Waals surface area contributed by atoms with E-state index in [1.54, 1.807) is 0 Å². The molecule has 2 rings (SSSR count). The highest BCUT2D eigenvalue weighted by molar-refractivity contribution is 6.03. The Labute approximate surface area is 212 Å². The van der Waals surface area contributed by atoms with Gasteiger partial charge in [-0.2, -0.15) is 0 Å². The maximum absolute atomic E-state index is 13.4. The normalized spacial score (nSPS) is 17.5. The van der Waals surface area contributed by atoms with E-state index in [0.29, 0.717) is 18.4 Å². The Morgan fingerprint density at radius 3 is 2.49 bits per heavy atom. The molecule has 0 spiro atoms. The summed E-state index contributed by atoms with van der Waals surface area (Å²) in [5.74, 6) is -0.0516. The molecule has 0 heterocycles. The zero-order valence-electron chi connectivity index (χ0n) is 23.1. The van der Waals surface area contributed by atoms with E-state index in [-0.39, 0.29) is 40.4 Å². The van der Waals surface area contributed by atoms with Crippen molar-refractivity contribution in [2.75, 3.05) is 0 Å². The van der Waals surface area contributed by atoms with Crippen LogP contribution in [0.4, 0.5) is 0 Å². The van der Waals surface area contributed by atoms with Crippen molar-refractivity contribution in [1.82, 2.24) is 0 Å². The van der Waals surface area contributed by atoms with Crippen LogP contribution in [0.5, 0.6) is 17.2 Å². The van der Waals surface area contributed by atoms with Crippen LogP contribution in [0.2, 0.25) is 0 Å². The minimum Gasteiger partial charge on any atom is -0.507 e. The Morgan fingerprint density at radius 1 is 1.23 bits per heavy atom. The second-order valence-corrected chi connectivity index (χ2v) is 11.1. The van der Waals surface area contributed by atoms with Gasteiger partial charge in [0.25, 0.3) is 0 Å². The number of Topliss-reactive ketones (excluding diaryl/α,β-unsaturated/α-hetero) is 1. The number of ketones is 1. The lowest BCUT2D eigenvalue weighted by atomic mass is 9.79. The Balaban J connectivity index is 2.42. The van der Waals surface area contributed by atoms with Crippen molar-refractivity contribution < 1.29 is 19.7 Å². The molecule has 1 aliphatic carbocycles. The van der Waals surface area contributed by atoms with Gasteiger partial charge >= 0.3 is 0 Å². The topological polar surface area (TPSA) is 66.8 Å². The van der Waals surface area contributed by atoms with Gasteiger partial charge in [0.1, 0.15) is 28.4 Å². The number of phenols is 2. The number of carbonyl (C=O) groups is 1. The zero-order valence-corrected chi connectivity index (χ0v) is 23.1. The summed E-state index contributed by atoms with van der Waals surface area (Å²) in [5.41, 5.74) is 3.88. The van der Waals surface area contributed by atoms with E-state index in [9.17, 15) is 15.0 Å². The summed E-state index contributed by atoms with van der Waals surface area (Å²) >= 11 is 0. The van der Waals surface area contributed by atoms with E-state index in [4.69, 9.17) is 4.74 Å². The predicted octanol–water partition coefficient (Wildman–Crippen LogP) is 8.47.